The number of hydrogen-bond acceptors (Lipinski definition) is 3. The van der Waals surface area contributed by atoms with Gasteiger partial charge in [0.05, 0.1) is 17.7 Å². The molecule has 132 valence electrons. The van der Waals surface area contributed by atoms with Crippen LogP contribution < -0.4 is 5.43 Å². The van der Waals surface area contributed by atoms with Crippen molar-refractivity contribution >= 4 is 11.9 Å². The van der Waals surface area contributed by atoms with Crippen LogP contribution in [-0.4, -0.2) is 26.8 Å². The van der Waals surface area contributed by atoms with E-state index in [2.05, 4.69) is 5.43 Å². The van der Waals surface area contributed by atoms with Crippen LogP contribution in [0.15, 0.2) is 66.7 Å². The number of amides is 1. The first-order valence-electron chi connectivity index (χ1n) is 8.13. The maximum absolute atomic E-state index is 12.6. The summed E-state index contributed by atoms with van der Waals surface area (Å²) in [5, 5.41) is 18.8. The summed E-state index contributed by atoms with van der Waals surface area (Å²) in [6.45, 7) is 0. The minimum atomic E-state index is -0.911. The Labute approximate surface area is 150 Å². The number of aromatic hydroxyl groups is 1. The zero-order valence-electron chi connectivity index (χ0n) is 13.9. The van der Waals surface area contributed by atoms with Gasteiger partial charge in [0.25, 0.3) is 5.91 Å². The normalized spacial score (nSPS) is 10.5. The van der Waals surface area contributed by atoms with E-state index in [1.54, 1.807) is 22.9 Å². The summed E-state index contributed by atoms with van der Waals surface area (Å²) < 4.78 is 1.58. The van der Waals surface area contributed by atoms with E-state index in [1.807, 2.05) is 36.4 Å². The maximum atomic E-state index is 12.6. The lowest BCUT2D eigenvalue weighted by Gasteiger charge is -2.15. The largest absolute Gasteiger partial charge is 0.507 e. The maximum Gasteiger partial charge on any atom is 0.303 e. The van der Waals surface area contributed by atoms with Crippen LogP contribution in [0.4, 0.5) is 0 Å². The first-order valence-corrected chi connectivity index (χ1v) is 8.13. The van der Waals surface area contributed by atoms with Crippen LogP contribution in [0.5, 0.6) is 5.75 Å². The van der Waals surface area contributed by atoms with E-state index in [0.717, 1.165) is 11.3 Å². The fourth-order valence-corrected chi connectivity index (χ4v) is 2.70. The second-order valence-electron chi connectivity index (χ2n) is 5.76. The number of carboxylic acids is 1. The molecule has 1 heterocycles. The average molecular weight is 350 g/mol. The van der Waals surface area contributed by atoms with Crippen molar-refractivity contribution in [3.05, 3.63) is 78.0 Å². The van der Waals surface area contributed by atoms with Crippen molar-refractivity contribution < 1.29 is 19.8 Å². The lowest BCUT2D eigenvalue weighted by Crippen LogP contribution is -2.25. The summed E-state index contributed by atoms with van der Waals surface area (Å²) in [6.07, 6.45) is 0.216. The van der Waals surface area contributed by atoms with Crippen LogP contribution in [-0.2, 0) is 11.2 Å². The predicted molar refractivity (Wildman–Crippen MR) is 97.6 cm³/mol. The van der Waals surface area contributed by atoms with Gasteiger partial charge in [0.15, 0.2) is 0 Å². The molecule has 0 aliphatic heterocycles. The van der Waals surface area contributed by atoms with Crippen LogP contribution in [0.1, 0.15) is 22.5 Å². The van der Waals surface area contributed by atoms with Gasteiger partial charge in [-0.3, -0.25) is 19.7 Å². The first kappa shape index (κ1) is 17.3. The van der Waals surface area contributed by atoms with Gasteiger partial charge < -0.3 is 10.2 Å². The summed E-state index contributed by atoms with van der Waals surface area (Å²) in [5.41, 5.74) is 5.18. The molecule has 0 bridgehead atoms. The molecular formula is C20H18N2O4. The molecule has 0 saturated carbocycles. The second-order valence-corrected chi connectivity index (χ2v) is 5.76. The number of hydrogen-bond donors (Lipinski definition) is 3. The third-order valence-electron chi connectivity index (χ3n) is 3.99. The molecule has 0 saturated heterocycles. The number of phenolic OH excluding ortho intramolecular Hbond substituents is 1. The molecule has 0 aliphatic rings. The van der Waals surface area contributed by atoms with E-state index in [0.29, 0.717) is 5.69 Å². The zero-order chi connectivity index (χ0) is 18.5. The van der Waals surface area contributed by atoms with Gasteiger partial charge in [-0.1, -0.05) is 42.5 Å². The number of carboxylic acid groups (broad SMARTS) is 1. The zero-order valence-corrected chi connectivity index (χ0v) is 13.9. The van der Waals surface area contributed by atoms with Crippen LogP contribution in [0.25, 0.3) is 11.3 Å². The SMILES string of the molecule is O=C(O)CCc1ccc(-c2ccccc2)n1NC(=O)c1ccccc1O. The highest BCUT2D eigenvalue weighted by Crippen LogP contribution is 2.23. The lowest BCUT2D eigenvalue weighted by molar-refractivity contribution is -0.136. The Morgan fingerprint density at radius 1 is 0.923 bits per heavy atom. The highest BCUT2D eigenvalue weighted by molar-refractivity contribution is 6.02. The Balaban J connectivity index is 1.97. The number of nitrogens with one attached hydrogen (secondary N) is 1. The van der Waals surface area contributed by atoms with Gasteiger partial charge in [0.2, 0.25) is 0 Å². The topological polar surface area (TPSA) is 91.6 Å². The number of nitrogens with zero attached hydrogens (tertiary/aromatic N) is 1. The molecular weight excluding hydrogens is 332 g/mol. The molecule has 0 radical (unpaired) electrons. The van der Waals surface area contributed by atoms with Gasteiger partial charge in [-0.15, -0.1) is 0 Å². The average Bonchev–Trinajstić information content (AvgIpc) is 3.03. The second kappa shape index (κ2) is 7.57. The van der Waals surface area contributed by atoms with Gasteiger partial charge in [-0.05, 0) is 24.3 Å². The van der Waals surface area contributed by atoms with E-state index >= 15 is 0 Å². The van der Waals surface area contributed by atoms with E-state index in [4.69, 9.17) is 5.11 Å². The fourth-order valence-electron chi connectivity index (χ4n) is 2.70. The molecule has 0 aliphatic carbocycles. The molecule has 0 fully saturated rings. The summed E-state index contributed by atoms with van der Waals surface area (Å²) >= 11 is 0. The smallest absolute Gasteiger partial charge is 0.303 e. The molecule has 26 heavy (non-hydrogen) atoms. The highest BCUT2D eigenvalue weighted by Gasteiger charge is 2.16. The van der Waals surface area contributed by atoms with Crippen LogP contribution in [0, 0.1) is 0 Å². The Hall–Kier alpha value is -3.54. The van der Waals surface area contributed by atoms with Crippen LogP contribution >= 0.6 is 0 Å². The van der Waals surface area contributed by atoms with Gasteiger partial charge in [-0.2, -0.15) is 0 Å². The third kappa shape index (κ3) is 3.75. The molecule has 6 heteroatoms. The van der Waals surface area contributed by atoms with E-state index < -0.39 is 11.9 Å². The van der Waals surface area contributed by atoms with Crippen molar-refractivity contribution in [3.8, 4) is 17.0 Å². The summed E-state index contributed by atoms with van der Waals surface area (Å²) in [5.74, 6) is -1.51. The Morgan fingerprint density at radius 3 is 2.31 bits per heavy atom. The summed E-state index contributed by atoms with van der Waals surface area (Å²) in [7, 11) is 0. The van der Waals surface area contributed by atoms with Gasteiger partial charge in [0.1, 0.15) is 5.75 Å². The Bertz CT molecular complexity index is 932. The molecule has 3 rings (SSSR count). The van der Waals surface area contributed by atoms with E-state index in [-0.39, 0.29) is 24.2 Å². The molecule has 1 aromatic heterocycles. The highest BCUT2D eigenvalue weighted by atomic mass is 16.4. The number of aliphatic carboxylic acids is 1. The standard InChI is InChI=1S/C20H18N2O4/c23-18-9-5-4-8-16(18)20(26)21-22-15(11-13-19(24)25)10-12-17(22)14-6-2-1-3-7-14/h1-10,12,23H,11,13H2,(H,21,26)(H,24,25). The molecule has 6 nitrogen and oxygen atoms in total. The monoisotopic (exact) mass is 350 g/mol. The van der Waals surface area contributed by atoms with Gasteiger partial charge in [-0.25, -0.2) is 0 Å². The van der Waals surface area contributed by atoms with Crippen LogP contribution in [0.2, 0.25) is 0 Å². The number of phenols is 1. The van der Waals surface area contributed by atoms with Crippen molar-refractivity contribution in [2.24, 2.45) is 0 Å². The number of rotatable bonds is 6. The van der Waals surface area contributed by atoms with Crippen molar-refractivity contribution in [2.75, 3.05) is 5.43 Å². The number of aryl methyl sites for hydroxylation is 1. The molecule has 0 atom stereocenters. The third-order valence-corrected chi connectivity index (χ3v) is 3.99. The molecule has 3 N–H and O–H groups in total. The van der Waals surface area contributed by atoms with E-state index in [1.165, 1.54) is 12.1 Å². The number of benzene rings is 2. The van der Waals surface area contributed by atoms with Crippen molar-refractivity contribution in [1.29, 1.82) is 0 Å². The number of aromatic nitrogens is 1. The van der Waals surface area contributed by atoms with E-state index in [9.17, 15) is 14.7 Å². The quantitative estimate of drug-likeness (QED) is 0.636. The fraction of sp³-hybridized carbons (Fsp3) is 0.100. The van der Waals surface area contributed by atoms with Crippen molar-refractivity contribution in [2.45, 2.75) is 12.8 Å². The molecule has 0 spiro atoms. The number of carbonyl (C=O) groups is 2. The first-order chi connectivity index (χ1) is 12.6. The van der Waals surface area contributed by atoms with Gasteiger partial charge >= 0.3 is 5.97 Å². The Morgan fingerprint density at radius 2 is 1.62 bits per heavy atom. The predicted octanol–water partition coefficient (Wildman–Crippen LogP) is 3.26. The Kier molecular flexibility index (Phi) is 5.03. The molecule has 0 unspecified atom stereocenters. The number of carbonyl (C=O) groups excluding carboxylic acids is 1. The lowest BCUT2D eigenvalue weighted by atomic mass is 10.1. The van der Waals surface area contributed by atoms with Crippen LogP contribution in [0.3, 0.4) is 0 Å². The van der Waals surface area contributed by atoms with Crippen molar-refractivity contribution in [3.63, 3.8) is 0 Å². The summed E-state index contributed by atoms with van der Waals surface area (Å²) in [6, 6.07) is 19.3. The number of para-hydroxylation sites is 1. The minimum Gasteiger partial charge on any atom is -0.507 e. The molecule has 1 amide bonds. The van der Waals surface area contributed by atoms with Gasteiger partial charge in [0, 0.05) is 17.7 Å². The summed E-state index contributed by atoms with van der Waals surface area (Å²) in [4.78, 5) is 23.5. The molecule has 2 aromatic carbocycles. The van der Waals surface area contributed by atoms with Crippen molar-refractivity contribution in [1.82, 2.24) is 4.68 Å². The molecule has 3 aromatic rings. The minimum absolute atomic E-state index is 0.0509.